The lowest BCUT2D eigenvalue weighted by Gasteiger charge is -2.31. The van der Waals surface area contributed by atoms with Crippen LogP contribution in [0.3, 0.4) is 0 Å². The maximum absolute atomic E-state index is 12.7. The first-order valence-electron chi connectivity index (χ1n) is 7.66. The van der Waals surface area contributed by atoms with Crippen LogP contribution in [0.2, 0.25) is 0 Å². The Labute approximate surface area is 144 Å². The number of benzene rings is 1. The number of halogens is 1. The Morgan fingerprint density at radius 3 is 2.04 bits per heavy atom. The van der Waals surface area contributed by atoms with Crippen LogP contribution >= 0.6 is 0 Å². The summed E-state index contributed by atoms with van der Waals surface area (Å²) in [5.41, 5.74) is 0.910. The molecule has 0 aromatic heterocycles. The van der Waals surface area contributed by atoms with Crippen LogP contribution in [0.15, 0.2) is 24.3 Å². The summed E-state index contributed by atoms with van der Waals surface area (Å²) >= 11 is 0. The Hall–Kier alpha value is -2.52. The third-order valence-electron chi connectivity index (χ3n) is 3.55. The quantitative estimate of drug-likeness (QED) is 0.644. The van der Waals surface area contributed by atoms with Crippen LogP contribution in [-0.4, -0.2) is 77.6 Å². The average molecular weight is 355 g/mol. The molecule has 25 heavy (non-hydrogen) atoms. The van der Waals surface area contributed by atoms with E-state index in [1.165, 1.54) is 12.1 Å². The van der Waals surface area contributed by atoms with Gasteiger partial charge < -0.3 is 20.4 Å². The Morgan fingerprint density at radius 1 is 1.04 bits per heavy atom. The summed E-state index contributed by atoms with van der Waals surface area (Å²) in [6.07, 6.45) is 0. The number of carbonyl (C=O) groups excluding carboxylic acids is 1. The molecule has 2 rings (SSSR count). The minimum absolute atomic E-state index is 0.0221. The largest absolute Gasteiger partial charge is 0.473 e. The molecular formula is C16H22FN3O5. The number of hydrogen-bond donors (Lipinski definition) is 3. The molecule has 0 bridgehead atoms. The topological polar surface area (TPSA) is 110 Å². The first-order valence-corrected chi connectivity index (χ1v) is 7.66. The number of amides is 1. The number of aliphatic carboxylic acids is 2. The second-order valence-corrected chi connectivity index (χ2v) is 5.59. The zero-order valence-corrected chi connectivity index (χ0v) is 13.9. The third-order valence-corrected chi connectivity index (χ3v) is 3.55. The molecule has 0 saturated carbocycles. The SMILES string of the molecule is CN1CCN(CC(=O)NCc2ccc(F)cc2)CC1.O=C(O)C(=O)O. The van der Waals surface area contributed by atoms with Crippen molar-refractivity contribution in [2.45, 2.75) is 6.54 Å². The van der Waals surface area contributed by atoms with E-state index in [9.17, 15) is 9.18 Å². The third kappa shape index (κ3) is 8.77. The molecule has 1 saturated heterocycles. The van der Waals surface area contributed by atoms with E-state index < -0.39 is 11.9 Å². The van der Waals surface area contributed by atoms with Crippen LogP contribution in [0, 0.1) is 5.82 Å². The van der Waals surface area contributed by atoms with Gasteiger partial charge in [0.15, 0.2) is 0 Å². The monoisotopic (exact) mass is 355 g/mol. The summed E-state index contributed by atoms with van der Waals surface area (Å²) in [4.78, 5) is 34.4. The number of piperazine rings is 1. The van der Waals surface area contributed by atoms with E-state index in [0.29, 0.717) is 13.1 Å². The van der Waals surface area contributed by atoms with Crippen molar-refractivity contribution in [3.63, 3.8) is 0 Å². The molecule has 0 unspecified atom stereocenters. The first kappa shape index (κ1) is 20.5. The predicted octanol–water partition coefficient (Wildman–Crippen LogP) is -0.155. The highest BCUT2D eigenvalue weighted by molar-refractivity contribution is 6.27. The van der Waals surface area contributed by atoms with Crippen molar-refractivity contribution in [3.8, 4) is 0 Å². The Morgan fingerprint density at radius 2 is 1.56 bits per heavy atom. The maximum Gasteiger partial charge on any atom is 0.414 e. The molecular weight excluding hydrogens is 333 g/mol. The van der Waals surface area contributed by atoms with Gasteiger partial charge in [-0.25, -0.2) is 14.0 Å². The van der Waals surface area contributed by atoms with Crippen LogP contribution in [-0.2, 0) is 20.9 Å². The zero-order valence-electron chi connectivity index (χ0n) is 13.9. The molecule has 0 aliphatic carbocycles. The van der Waals surface area contributed by atoms with E-state index in [1.54, 1.807) is 12.1 Å². The van der Waals surface area contributed by atoms with Crippen LogP contribution in [0.5, 0.6) is 0 Å². The normalized spacial score (nSPS) is 15.0. The summed E-state index contributed by atoms with van der Waals surface area (Å²) in [6, 6.07) is 6.18. The van der Waals surface area contributed by atoms with Gasteiger partial charge in [-0.2, -0.15) is 0 Å². The van der Waals surface area contributed by atoms with E-state index in [4.69, 9.17) is 19.8 Å². The Balaban J connectivity index is 0.000000450. The fourth-order valence-corrected chi connectivity index (χ4v) is 2.07. The number of carboxylic acids is 2. The average Bonchev–Trinajstić information content (AvgIpc) is 2.57. The van der Waals surface area contributed by atoms with Crippen LogP contribution in [0.4, 0.5) is 4.39 Å². The molecule has 0 spiro atoms. The van der Waals surface area contributed by atoms with Gasteiger partial charge in [-0.3, -0.25) is 9.69 Å². The molecule has 1 aliphatic heterocycles. The second-order valence-electron chi connectivity index (χ2n) is 5.59. The minimum Gasteiger partial charge on any atom is -0.473 e. The van der Waals surface area contributed by atoms with E-state index in [0.717, 1.165) is 31.7 Å². The van der Waals surface area contributed by atoms with Gasteiger partial charge in [-0.15, -0.1) is 0 Å². The van der Waals surface area contributed by atoms with E-state index in [-0.39, 0.29) is 11.7 Å². The highest BCUT2D eigenvalue weighted by Crippen LogP contribution is 2.02. The van der Waals surface area contributed by atoms with Crippen molar-refractivity contribution in [1.82, 2.24) is 15.1 Å². The zero-order chi connectivity index (χ0) is 18.8. The molecule has 9 heteroatoms. The number of carboxylic acid groups (broad SMARTS) is 2. The molecule has 1 heterocycles. The summed E-state index contributed by atoms with van der Waals surface area (Å²) in [5, 5.41) is 17.6. The van der Waals surface area contributed by atoms with E-state index in [2.05, 4.69) is 22.2 Å². The van der Waals surface area contributed by atoms with Crippen molar-refractivity contribution >= 4 is 17.8 Å². The van der Waals surface area contributed by atoms with Crippen molar-refractivity contribution in [2.75, 3.05) is 39.8 Å². The standard InChI is InChI=1S/C14H20FN3O.C2H2O4/c1-17-6-8-18(9-7-17)11-14(19)16-10-12-2-4-13(15)5-3-12;3-1(4)2(5)6/h2-5H,6-11H2,1H3,(H,16,19);(H,3,4)(H,5,6). The van der Waals surface area contributed by atoms with Gasteiger partial charge in [0.2, 0.25) is 5.91 Å². The fourth-order valence-electron chi connectivity index (χ4n) is 2.07. The van der Waals surface area contributed by atoms with Gasteiger partial charge in [0, 0.05) is 32.7 Å². The van der Waals surface area contributed by atoms with Crippen molar-refractivity contribution < 1.29 is 29.0 Å². The van der Waals surface area contributed by atoms with Gasteiger partial charge in [-0.05, 0) is 24.7 Å². The van der Waals surface area contributed by atoms with Crippen LogP contribution in [0.25, 0.3) is 0 Å². The molecule has 1 aromatic rings. The number of carbonyl (C=O) groups is 3. The first-order chi connectivity index (χ1) is 11.8. The molecule has 1 aliphatic rings. The molecule has 0 radical (unpaired) electrons. The fraction of sp³-hybridized carbons (Fsp3) is 0.438. The van der Waals surface area contributed by atoms with E-state index >= 15 is 0 Å². The van der Waals surface area contributed by atoms with Gasteiger partial charge >= 0.3 is 11.9 Å². The summed E-state index contributed by atoms with van der Waals surface area (Å²) in [5.74, 6) is -3.88. The van der Waals surface area contributed by atoms with Crippen molar-refractivity contribution in [3.05, 3.63) is 35.6 Å². The highest BCUT2D eigenvalue weighted by atomic mass is 19.1. The summed E-state index contributed by atoms with van der Waals surface area (Å²) in [6.45, 7) is 4.76. The molecule has 138 valence electrons. The smallest absolute Gasteiger partial charge is 0.414 e. The number of rotatable bonds is 4. The number of hydrogen-bond acceptors (Lipinski definition) is 5. The molecule has 1 aromatic carbocycles. The number of likely N-dealkylation sites (N-methyl/N-ethyl adjacent to an activating group) is 1. The minimum atomic E-state index is -1.82. The molecule has 3 N–H and O–H groups in total. The van der Waals surface area contributed by atoms with Crippen LogP contribution in [0.1, 0.15) is 5.56 Å². The number of nitrogens with one attached hydrogen (secondary N) is 1. The van der Waals surface area contributed by atoms with Gasteiger partial charge in [0.25, 0.3) is 0 Å². The van der Waals surface area contributed by atoms with Crippen molar-refractivity contribution in [2.24, 2.45) is 0 Å². The summed E-state index contributed by atoms with van der Waals surface area (Å²) < 4.78 is 12.7. The van der Waals surface area contributed by atoms with Crippen LogP contribution < -0.4 is 5.32 Å². The highest BCUT2D eigenvalue weighted by Gasteiger charge is 2.16. The Bertz CT molecular complexity index is 574. The van der Waals surface area contributed by atoms with Crippen molar-refractivity contribution in [1.29, 1.82) is 0 Å². The maximum atomic E-state index is 12.7. The van der Waals surface area contributed by atoms with Gasteiger partial charge in [-0.1, -0.05) is 12.1 Å². The van der Waals surface area contributed by atoms with Gasteiger partial charge in [0.1, 0.15) is 5.82 Å². The second kappa shape index (κ2) is 10.4. The predicted molar refractivity (Wildman–Crippen MR) is 87.5 cm³/mol. The number of nitrogens with zero attached hydrogens (tertiary/aromatic N) is 2. The van der Waals surface area contributed by atoms with Gasteiger partial charge in [0.05, 0.1) is 6.54 Å². The molecule has 1 amide bonds. The lowest BCUT2D eigenvalue weighted by atomic mass is 10.2. The summed E-state index contributed by atoms with van der Waals surface area (Å²) in [7, 11) is 2.09. The molecule has 1 fully saturated rings. The lowest BCUT2D eigenvalue weighted by Crippen LogP contribution is -2.48. The van der Waals surface area contributed by atoms with E-state index in [1.807, 2.05) is 0 Å². The molecule has 0 atom stereocenters. The molecule has 8 nitrogen and oxygen atoms in total. The lowest BCUT2D eigenvalue weighted by molar-refractivity contribution is -0.159. The Kier molecular flexibility index (Phi) is 8.51.